The Hall–Kier alpha value is -2.28. The van der Waals surface area contributed by atoms with Crippen molar-refractivity contribution < 1.29 is 14.0 Å². The van der Waals surface area contributed by atoms with E-state index in [1.807, 2.05) is 42.5 Å². The topological polar surface area (TPSA) is 50.5 Å². The van der Waals surface area contributed by atoms with Gasteiger partial charge in [-0.3, -0.25) is 14.5 Å². The van der Waals surface area contributed by atoms with Crippen LogP contribution in [0, 0.1) is 0 Å². The Kier molecular flexibility index (Phi) is 5.44. The normalized spacial score (nSPS) is 15.6. The molecule has 4 nitrogen and oxygen atoms in total. The minimum atomic E-state index is -0.320. The van der Waals surface area contributed by atoms with Crippen LogP contribution in [0.3, 0.4) is 0 Å². The van der Waals surface area contributed by atoms with E-state index in [1.165, 1.54) is 4.90 Å². The highest BCUT2D eigenvalue weighted by Crippen LogP contribution is 2.34. The number of benzene rings is 2. The third kappa shape index (κ3) is 4.09. The molecule has 1 aliphatic rings. The molecule has 0 N–H and O–H groups in total. The van der Waals surface area contributed by atoms with Crippen molar-refractivity contribution in [3.8, 4) is 11.3 Å². The molecule has 0 saturated carbocycles. The molecule has 2 aromatic carbocycles. The molecule has 0 unspecified atom stereocenters. The van der Waals surface area contributed by atoms with Gasteiger partial charge in [0.15, 0.2) is 0 Å². The zero-order valence-electron chi connectivity index (χ0n) is 14.4. The summed E-state index contributed by atoms with van der Waals surface area (Å²) in [6, 6.07) is 18.4. The van der Waals surface area contributed by atoms with E-state index in [0.29, 0.717) is 21.4 Å². The first-order valence-corrected chi connectivity index (χ1v) is 10.3. The van der Waals surface area contributed by atoms with Gasteiger partial charge in [-0.25, -0.2) is 0 Å². The highest BCUT2D eigenvalue weighted by Gasteiger charge is 2.35. The summed E-state index contributed by atoms with van der Waals surface area (Å²) in [7, 11) is 0. The highest BCUT2D eigenvalue weighted by atomic mass is 79.9. The predicted molar refractivity (Wildman–Crippen MR) is 115 cm³/mol. The fraction of sp³-hybridized carbons (Fsp3) is 0.0476. The van der Waals surface area contributed by atoms with Crippen molar-refractivity contribution in [3.63, 3.8) is 0 Å². The van der Waals surface area contributed by atoms with E-state index in [1.54, 1.807) is 24.3 Å². The summed E-state index contributed by atoms with van der Waals surface area (Å²) in [5.41, 5.74) is 1.76. The second-order valence-corrected chi connectivity index (χ2v) is 8.45. The summed E-state index contributed by atoms with van der Waals surface area (Å²) < 4.78 is 6.70. The van der Waals surface area contributed by atoms with Crippen LogP contribution in [0.5, 0.6) is 0 Å². The van der Waals surface area contributed by atoms with Gasteiger partial charge in [0.05, 0.1) is 11.4 Å². The third-order valence-electron chi connectivity index (χ3n) is 4.13. The Morgan fingerprint density at radius 1 is 1.07 bits per heavy atom. The number of carbonyl (C=O) groups is 2. The van der Waals surface area contributed by atoms with Gasteiger partial charge in [-0.05, 0) is 65.9 Å². The average Bonchev–Trinajstić information content (AvgIpc) is 3.23. The quantitative estimate of drug-likeness (QED) is 0.400. The van der Waals surface area contributed by atoms with Crippen LogP contribution in [0.15, 0.2) is 74.5 Å². The first-order valence-electron chi connectivity index (χ1n) is 8.35. The van der Waals surface area contributed by atoms with Gasteiger partial charge in [-0.2, -0.15) is 0 Å². The number of nitrogens with zero attached hydrogens (tertiary/aromatic N) is 1. The van der Waals surface area contributed by atoms with Gasteiger partial charge < -0.3 is 4.42 Å². The number of imide groups is 1. The predicted octanol–water partition coefficient (Wildman–Crippen LogP) is 6.60. The SMILES string of the molecule is O=C1S/C(=C/c2ccc(-c3ccc(Cl)cc3)o2)C(=O)N1Cc1cccc(Br)c1. The largest absolute Gasteiger partial charge is 0.457 e. The molecule has 4 rings (SSSR count). The summed E-state index contributed by atoms with van der Waals surface area (Å²) in [5, 5.41) is 0.357. The van der Waals surface area contributed by atoms with Crippen LogP contribution >= 0.6 is 39.3 Å². The molecule has 1 saturated heterocycles. The molecule has 0 aliphatic carbocycles. The molecule has 2 heterocycles. The van der Waals surface area contributed by atoms with Crippen LogP contribution in [0.25, 0.3) is 17.4 Å². The zero-order chi connectivity index (χ0) is 19.7. The summed E-state index contributed by atoms with van der Waals surface area (Å²) >= 11 is 10.2. The first-order chi connectivity index (χ1) is 13.5. The summed E-state index contributed by atoms with van der Waals surface area (Å²) in [6.45, 7) is 0.232. The Morgan fingerprint density at radius 2 is 1.86 bits per heavy atom. The Morgan fingerprint density at radius 3 is 2.61 bits per heavy atom. The van der Waals surface area contributed by atoms with Crippen molar-refractivity contribution in [1.82, 2.24) is 4.90 Å². The number of carbonyl (C=O) groups excluding carboxylic acids is 2. The van der Waals surface area contributed by atoms with Gasteiger partial charge >= 0.3 is 0 Å². The van der Waals surface area contributed by atoms with Gasteiger partial charge in [-0.1, -0.05) is 39.7 Å². The Bertz CT molecular complexity index is 1090. The van der Waals surface area contributed by atoms with E-state index >= 15 is 0 Å². The minimum Gasteiger partial charge on any atom is -0.457 e. The number of halogens is 2. The van der Waals surface area contributed by atoms with E-state index in [4.69, 9.17) is 16.0 Å². The highest BCUT2D eigenvalue weighted by molar-refractivity contribution is 9.10. The smallest absolute Gasteiger partial charge is 0.293 e. The lowest BCUT2D eigenvalue weighted by atomic mass is 10.2. The maximum absolute atomic E-state index is 12.7. The van der Waals surface area contributed by atoms with Crippen LogP contribution in [-0.2, 0) is 11.3 Å². The van der Waals surface area contributed by atoms with Gasteiger partial charge in [-0.15, -0.1) is 0 Å². The van der Waals surface area contributed by atoms with Gasteiger partial charge in [0.1, 0.15) is 11.5 Å². The molecule has 2 amide bonds. The van der Waals surface area contributed by atoms with Crippen LogP contribution in [0.2, 0.25) is 5.02 Å². The molecule has 1 fully saturated rings. The van der Waals surface area contributed by atoms with Crippen LogP contribution in [0.4, 0.5) is 4.79 Å². The second kappa shape index (κ2) is 7.99. The summed E-state index contributed by atoms with van der Waals surface area (Å²) in [5.74, 6) is 0.855. The molecule has 0 bridgehead atoms. The molecule has 1 aromatic heterocycles. The van der Waals surface area contributed by atoms with Gasteiger partial charge in [0, 0.05) is 21.1 Å². The third-order valence-corrected chi connectivity index (χ3v) is 5.78. The molecule has 1 aliphatic heterocycles. The van der Waals surface area contributed by atoms with Crippen molar-refractivity contribution in [2.75, 3.05) is 0 Å². The molecule has 0 atom stereocenters. The molecular weight excluding hydrogens is 462 g/mol. The first kappa shape index (κ1) is 19.1. The van der Waals surface area contributed by atoms with Crippen LogP contribution < -0.4 is 0 Å². The van der Waals surface area contributed by atoms with E-state index < -0.39 is 0 Å². The number of rotatable bonds is 4. The maximum Gasteiger partial charge on any atom is 0.293 e. The summed E-state index contributed by atoms with van der Waals surface area (Å²) in [6.07, 6.45) is 1.60. The van der Waals surface area contributed by atoms with E-state index in [-0.39, 0.29) is 17.7 Å². The number of amides is 2. The fourth-order valence-electron chi connectivity index (χ4n) is 2.78. The molecule has 140 valence electrons. The molecule has 0 spiro atoms. The van der Waals surface area contributed by atoms with Crippen LogP contribution in [0.1, 0.15) is 11.3 Å². The summed E-state index contributed by atoms with van der Waals surface area (Å²) in [4.78, 5) is 26.6. The van der Waals surface area contributed by atoms with Crippen molar-refractivity contribution in [2.24, 2.45) is 0 Å². The second-order valence-electron chi connectivity index (χ2n) is 6.11. The molecule has 0 radical (unpaired) electrons. The monoisotopic (exact) mass is 473 g/mol. The minimum absolute atomic E-state index is 0.232. The van der Waals surface area contributed by atoms with Crippen LogP contribution in [-0.4, -0.2) is 16.0 Å². The van der Waals surface area contributed by atoms with Gasteiger partial charge in [0.2, 0.25) is 0 Å². The standard InChI is InChI=1S/C21H13BrClNO3S/c22-15-3-1-2-13(10-15)12-24-20(25)19(28-21(24)26)11-17-8-9-18(27-17)14-4-6-16(23)7-5-14/h1-11H,12H2/b19-11+. The van der Waals surface area contributed by atoms with Crippen molar-refractivity contribution >= 4 is 56.5 Å². The number of hydrogen-bond donors (Lipinski definition) is 0. The van der Waals surface area contributed by atoms with E-state index in [2.05, 4.69) is 15.9 Å². The number of furan rings is 1. The lowest BCUT2D eigenvalue weighted by Gasteiger charge is -2.12. The Labute approximate surface area is 179 Å². The van der Waals surface area contributed by atoms with Crippen molar-refractivity contribution in [2.45, 2.75) is 6.54 Å². The van der Waals surface area contributed by atoms with Gasteiger partial charge in [0.25, 0.3) is 11.1 Å². The zero-order valence-corrected chi connectivity index (χ0v) is 17.6. The van der Waals surface area contributed by atoms with Crippen molar-refractivity contribution in [1.29, 1.82) is 0 Å². The van der Waals surface area contributed by atoms with Crippen molar-refractivity contribution in [3.05, 3.63) is 86.4 Å². The molecule has 3 aromatic rings. The number of hydrogen-bond acceptors (Lipinski definition) is 4. The van der Waals surface area contributed by atoms with E-state index in [0.717, 1.165) is 27.4 Å². The molecule has 28 heavy (non-hydrogen) atoms. The fourth-order valence-corrected chi connectivity index (χ4v) is 4.17. The Balaban J connectivity index is 1.53. The maximum atomic E-state index is 12.7. The molecular formula is C21H13BrClNO3S. The van der Waals surface area contributed by atoms with E-state index in [9.17, 15) is 9.59 Å². The molecule has 7 heteroatoms. The average molecular weight is 475 g/mol. The lowest BCUT2D eigenvalue weighted by Crippen LogP contribution is -2.27. The lowest BCUT2D eigenvalue weighted by molar-refractivity contribution is -0.123. The number of thioether (sulfide) groups is 1.